The topological polar surface area (TPSA) is 97.6 Å². The zero-order valence-corrected chi connectivity index (χ0v) is 13.1. The van der Waals surface area contributed by atoms with Crippen LogP contribution in [0.5, 0.6) is 0 Å². The Hall–Kier alpha value is -1.38. The van der Waals surface area contributed by atoms with Gasteiger partial charge < -0.3 is 14.4 Å². The van der Waals surface area contributed by atoms with Crippen LogP contribution in [0.2, 0.25) is 0 Å². The largest absolute Gasteiger partial charge is 0.477 e. The maximum Gasteiger partial charge on any atom is 0.352 e. The molecule has 7 nitrogen and oxygen atoms in total. The number of sulfonamides is 1. The number of carboxylic acids is 1. The maximum atomic E-state index is 12.4. The first-order chi connectivity index (χ1) is 9.66. The van der Waals surface area contributed by atoms with E-state index in [0.29, 0.717) is 0 Å². The smallest absolute Gasteiger partial charge is 0.352 e. The van der Waals surface area contributed by atoms with E-state index < -0.39 is 21.5 Å². The Morgan fingerprint density at radius 1 is 1.52 bits per heavy atom. The van der Waals surface area contributed by atoms with E-state index >= 15 is 0 Å². The summed E-state index contributed by atoms with van der Waals surface area (Å²) in [5.41, 5.74) is -0.777. The molecule has 0 atom stereocenters. The lowest BCUT2D eigenvalue weighted by Crippen LogP contribution is -2.46. The van der Waals surface area contributed by atoms with E-state index in [2.05, 4.69) is 4.72 Å². The Morgan fingerprint density at radius 3 is 2.62 bits per heavy atom. The molecule has 118 valence electrons. The van der Waals surface area contributed by atoms with Crippen molar-refractivity contribution in [2.75, 3.05) is 13.7 Å². The lowest BCUT2D eigenvalue weighted by atomic mass is 10.1. The summed E-state index contributed by atoms with van der Waals surface area (Å²) >= 11 is 0. The van der Waals surface area contributed by atoms with Crippen LogP contribution in [0, 0.1) is 0 Å². The van der Waals surface area contributed by atoms with Gasteiger partial charge in [0.25, 0.3) is 0 Å². The summed E-state index contributed by atoms with van der Waals surface area (Å²) in [5, 5.41) is 9.18. The molecule has 0 aromatic carbocycles. The van der Waals surface area contributed by atoms with Crippen LogP contribution in [-0.4, -0.2) is 43.3 Å². The molecule has 0 bridgehead atoms. The molecule has 1 saturated carbocycles. The Balaban J connectivity index is 2.32. The van der Waals surface area contributed by atoms with Gasteiger partial charge in [0, 0.05) is 19.3 Å². The van der Waals surface area contributed by atoms with Gasteiger partial charge in [-0.05, 0) is 32.8 Å². The molecule has 2 N–H and O–H groups in total. The molecule has 21 heavy (non-hydrogen) atoms. The predicted octanol–water partition coefficient (Wildman–Crippen LogP) is 1.22. The summed E-state index contributed by atoms with van der Waals surface area (Å²) in [5.74, 6) is -1.13. The highest BCUT2D eigenvalue weighted by Crippen LogP contribution is 2.37. The minimum Gasteiger partial charge on any atom is -0.477 e. The van der Waals surface area contributed by atoms with E-state index in [-0.39, 0.29) is 23.2 Å². The third-order valence-electron chi connectivity index (χ3n) is 3.21. The third-order valence-corrected chi connectivity index (χ3v) is 4.87. The fourth-order valence-corrected chi connectivity index (χ4v) is 3.66. The Bertz CT molecular complexity index is 644. The molecule has 0 unspecified atom stereocenters. The SMILES string of the molecule is COCC(C)(C)NS(=O)(=O)c1cc(C(=O)O)n(C2CC2)c1. The van der Waals surface area contributed by atoms with E-state index in [4.69, 9.17) is 4.74 Å². The molecule has 1 heterocycles. The van der Waals surface area contributed by atoms with E-state index in [9.17, 15) is 18.3 Å². The van der Waals surface area contributed by atoms with Crippen molar-refractivity contribution in [3.8, 4) is 0 Å². The van der Waals surface area contributed by atoms with Crippen LogP contribution in [0.25, 0.3) is 0 Å². The van der Waals surface area contributed by atoms with Gasteiger partial charge in [-0.25, -0.2) is 17.9 Å². The van der Waals surface area contributed by atoms with Gasteiger partial charge >= 0.3 is 5.97 Å². The Labute approximate surface area is 124 Å². The number of ether oxygens (including phenoxy) is 1. The van der Waals surface area contributed by atoms with Crippen molar-refractivity contribution in [1.29, 1.82) is 0 Å². The van der Waals surface area contributed by atoms with E-state index in [1.165, 1.54) is 23.9 Å². The van der Waals surface area contributed by atoms with E-state index in [1.807, 2.05) is 0 Å². The molecule has 1 aliphatic carbocycles. The third kappa shape index (κ3) is 3.63. The van der Waals surface area contributed by atoms with Crippen LogP contribution in [0.15, 0.2) is 17.2 Å². The molecule has 2 rings (SSSR count). The van der Waals surface area contributed by atoms with Gasteiger partial charge in [-0.1, -0.05) is 0 Å². The van der Waals surface area contributed by atoms with Crippen molar-refractivity contribution in [3.63, 3.8) is 0 Å². The van der Waals surface area contributed by atoms with Crippen LogP contribution in [-0.2, 0) is 14.8 Å². The second kappa shape index (κ2) is 5.43. The molecule has 0 spiro atoms. The average Bonchev–Trinajstić information content (AvgIpc) is 3.05. The summed E-state index contributed by atoms with van der Waals surface area (Å²) in [7, 11) is -2.31. The monoisotopic (exact) mass is 316 g/mol. The van der Waals surface area contributed by atoms with Crippen molar-refractivity contribution in [3.05, 3.63) is 18.0 Å². The molecule has 0 aliphatic heterocycles. The number of hydrogen-bond acceptors (Lipinski definition) is 4. The number of aromatic carboxylic acids is 1. The molecular formula is C13H20N2O5S. The van der Waals surface area contributed by atoms with Gasteiger partial charge in [-0.2, -0.15) is 0 Å². The summed E-state index contributed by atoms with van der Waals surface area (Å²) < 4.78 is 33.8. The molecule has 1 aromatic heterocycles. The number of nitrogens with one attached hydrogen (secondary N) is 1. The Kier molecular flexibility index (Phi) is 4.14. The number of carboxylic acid groups (broad SMARTS) is 1. The average molecular weight is 316 g/mol. The quantitative estimate of drug-likeness (QED) is 0.788. The summed E-state index contributed by atoms with van der Waals surface area (Å²) in [6.07, 6.45) is 3.14. The molecule has 1 aliphatic rings. The Morgan fingerprint density at radius 2 is 2.14 bits per heavy atom. The van der Waals surface area contributed by atoms with Crippen LogP contribution >= 0.6 is 0 Å². The fourth-order valence-electron chi connectivity index (χ4n) is 2.24. The summed E-state index contributed by atoms with van der Waals surface area (Å²) in [6.45, 7) is 3.61. The van der Waals surface area contributed by atoms with Gasteiger partial charge in [0.2, 0.25) is 10.0 Å². The summed E-state index contributed by atoms with van der Waals surface area (Å²) in [4.78, 5) is 11.2. The minimum absolute atomic E-state index is 0.00224. The first-order valence-corrected chi connectivity index (χ1v) is 8.13. The second-order valence-corrected chi connectivity index (χ2v) is 7.61. The molecular weight excluding hydrogens is 296 g/mol. The van der Waals surface area contributed by atoms with Gasteiger partial charge in [0.15, 0.2) is 0 Å². The lowest BCUT2D eigenvalue weighted by Gasteiger charge is -2.24. The number of rotatable bonds is 7. The predicted molar refractivity (Wildman–Crippen MR) is 75.9 cm³/mol. The van der Waals surface area contributed by atoms with Crippen molar-refractivity contribution < 1.29 is 23.1 Å². The fraction of sp³-hybridized carbons (Fsp3) is 0.615. The zero-order valence-electron chi connectivity index (χ0n) is 12.3. The number of carbonyl (C=O) groups is 1. The van der Waals surface area contributed by atoms with Crippen LogP contribution in [0.4, 0.5) is 0 Å². The first kappa shape index (κ1) is 16.0. The molecule has 8 heteroatoms. The number of methoxy groups -OCH3 is 1. The van der Waals surface area contributed by atoms with E-state index in [1.54, 1.807) is 13.8 Å². The molecule has 0 radical (unpaired) electrons. The maximum absolute atomic E-state index is 12.4. The minimum atomic E-state index is -3.80. The van der Waals surface area contributed by atoms with Crippen molar-refractivity contribution in [2.45, 2.75) is 43.2 Å². The number of hydrogen-bond donors (Lipinski definition) is 2. The number of nitrogens with zero attached hydrogens (tertiary/aromatic N) is 1. The van der Waals surface area contributed by atoms with Crippen molar-refractivity contribution in [2.24, 2.45) is 0 Å². The van der Waals surface area contributed by atoms with E-state index in [0.717, 1.165) is 12.8 Å². The molecule has 1 aromatic rings. The van der Waals surface area contributed by atoms with Crippen LogP contribution in [0.1, 0.15) is 43.2 Å². The zero-order chi connectivity index (χ0) is 15.8. The van der Waals surface area contributed by atoms with Crippen molar-refractivity contribution >= 4 is 16.0 Å². The second-order valence-electron chi connectivity index (χ2n) is 5.93. The highest BCUT2D eigenvalue weighted by Gasteiger charge is 2.32. The first-order valence-electron chi connectivity index (χ1n) is 6.64. The molecule has 0 amide bonds. The van der Waals surface area contributed by atoms with Gasteiger partial charge in [-0.15, -0.1) is 0 Å². The lowest BCUT2D eigenvalue weighted by molar-refractivity contribution is 0.0685. The normalized spacial score (nSPS) is 16.1. The summed E-state index contributed by atoms with van der Waals surface area (Å²) in [6, 6.07) is 1.29. The molecule has 1 fully saturated rings. The van der Waals surface area contributed by atoms with Crippen molar-refractivity contribution in [1.82, 2.24) is 9.29 Å². The van der Waals surface area contributed by atoms with Crippen LogP contribution in [0.3, 0.4) is 0 Å². The van der Waals surface area contributed by atoms with Crippen LogP contribution < -0.4 is 4.72 Å². The highest BCUT2D eigenvalue weighted by atomic mass is 32.2. The van der Waals surface area contributed by atoms with Gasteiger partial charge in [0.05, 0.1) is 12.1 Å². The standard InChI is InChI=1S/C13H20N2O5S/c1-13(2,8-20-3)14-21(18,19)10-6-11(12(16)17)15(7-10)9-4-5-9/h6-7,9,14H,4-5,8H2,1-3H3,(H,16,17). The molecule has 0 saturated heterocycles. The van der Waals surface area contributed by atoms with Gasteiger partial charge in [-0.3, -0.25) is 0 Å². The number of aromatic nitrogens is 1. The highest BCUT2D eigenvalue weighted by molar-refractivity contribution is 7.89. The van der Waals surface area contributed by atoms with Gasteiger partial charge in [0.1, 0.15) is 10.6 Å².